The van der Waals surface area contributed by atoms with Crippen LogP contribution in [0.15, 0.2) is 81.7 Å². The minimum atomic E-state index is -0.732. The monoisotopic (exact) mass is 514 g/mol. The second-order valence-corrected chi connectivity index (χ2v) is 9.49. The van der Waals surface area contributed by atoms with Crippen molar-refractivity contribution in [2.24, 2.45) is 4.99 Å². The van der Waals surface area contributed by atoms with Gasteiger partial charge in [0, 0.05) is 0 Å². The van der Waals surface area contributed by atoms with E-state index in [1.807, 2.05) is 54.6 Å². The highest BCUT2D eigenvalue weighted by Crippen LogP contribution is 2.36. The zero-order chi connectivity index (χ0) is 26.1. The number of allylic oxidation sites excluding steroid dienone is 1. The van der Waals surface area contributed by atoms with Crippen molar-refractivity contribution < 1.29 is 19.0 Å². The number of benzene rings is 3. The van der Waals surface area contributed by atoms with Crippen LogP contribution in [-0.4, -0.2) is 31.4 Å². The number of aromatic nitrogens is 1. The molecule has 1 aromatic heterocycles. The summed E-state index contributed by atoms with van der Waals surface area (Å²) in [6, 6.07) is 18.7. The Hall–Kier alpha value is -4.17. The molecular weight excluding hydrogens is 488 g/mol. The molecule has 5 rings (SSSR count). The predicted octanol–water partition coefficient (Wildman–Crippen LogP) is 3.97. The van der Waals surface area contributed by atoms with E-state index in [9.17, 15) is 9.59 Å². The molecule has 0 aliphatic carbocycles. The lowest BCUT2D eigenvalue weighted by atomic mass is 9.95. The molecule has 188 valence electrons. The Kier molecular flexibility index (Phi) is 6.67. The Morgan fingerprint density at radius 3 is 2.57 bits per heavy atom. The third-order valence-electron chi connectivity index (χ3n) is 6.35. The average molecular weight is 515 g/mol. The maximum absolute atomic E-state index is 13.9. The smallest absolute Gasteiger partial charge is 0.338 e. The summed E-state index contributed by atoms with van der Waals surface area (Å²) in [4.78, 5) is 32.2. The molecule has 8 heteroatoms. The first-order valence-corrected chi connectivity index (χ1v) is 12.7. The van der Waals surface area contributed by atoms with E-state index < -0.39 is 12.0 Å². The maximum atomic E-state index is 13.9. The molecule has 1 unspecified atom stereocenters. The quantitative estimate of drug-likeness (QED) is 0.364. The third kappa shape index (κ3) is 4.34. The van der Waals surface area contributed by atoms with Gasteiger partial charge in [-0.15, -0.1) is 0 Å². The molecule has 0 N–H and O–H groups in total. The normalized spacial score (nSPS) is 15.4. The van der Waals surface area contributed by atoms with Crippen molar-refractivity contribution in [1.29, 1.82) is 0 Å². The number of thiazole rings is 1. The molecule has 0 fully saturated rings. The molecule has 0 bridgehead atoms. The molecule has 1 aliphatic rings. The molecule has 4 aromatic rings. The minimum absolute atomic E-state index is 0.208. The topological polar surface area (TPSA) is 79.1 Å². The molecule has 0 radical (unpaired) electrons. The Morgan fingerprint density at radius 2 is 1.81 bits per heavy atom. The highest BCUT2D eigenvalue weighted by molar-refractivity contribution is 7.07. The Balaban J connectivity index is 1.76. The fraction of sp³-hybridized carbons (Fsp3) is 0.207. The second kappa shape index (κ2) is 10.1. The number of fused-ring (bicyclic) bond motifs is 2. The number of hydrogen-bond acceptors (Lipinski definition) is 7. The van der Waals surface area contributed by atoms with Crippen molar-refractivity contribution in [3.05, 3.63) is 103 Å². The fourth-order valence-electron chi connectivity index (χ4n) is 4.65. The minimum Gasteiger partial charge on any atom is -0.493 e. The van der Waals surface area contributed by atoms with Crippen LogP contribution in [0.1, 0.15) is 31.0 Å². The summed E-state index contributed by atoms with van der Waals surface area (Å²) >= 11 is 1.30. The summed E-state index contributed by atoms with van der Waals surface area (Å²) in [6.45, 7) is 3.72. The van der Waals surface area contributed by atoms with Gasteiger partial charge in [-0.1, -0.05) is 59.9 Å². The van der Waals surface area contributed by atoms with Gasteiger partial charge in [0.1, 0.15) is 0 Å². The van der Waals surface area contributed by atoms with Crippen LogP contribution < -0.4 is 24.4 Å². The van der Waals surface area contributed by atoms with Gasteiger partial charge < -0.3 is 14.2 Å². The number of rotatable bonds is 6. The van der Waals surface area contributed by atoms with E-state index in [4.69, 9.17) is 14.2 Å². The van der Waals surface area contributed by atoms with Gasteiger partial charge in [-0.2, -0.15) is 0 Å². The van der Waals surface area contributed by atoms with Gasteiger partial charge in [0.05, 0.1) is 42.7 Å². The Bertz CT molecular complexity index is 1730. The first kappa shape index (κ1) is 24.5. The van der Waals surface area contributed by atoms with E-state index in [0.29, 0.717) is 37.7 Å². The maximum Gasteiger partial charge on any atom is 0.338 e. The predicted molar refractivity (Wildman–Crippen MR) is 144 cm³/mol. The highest BCUT2D eigenvalue weighted by atomic mass is 32.1. The van der Waals surface area contributed by atoms with Crippen LogP contribution in [-0.2, 0) is 9.53 Å². The van der Waals surface area contributed by atoms with Crippen molar-refractivity contribution in [3.8, 4) is 11.5 Å². The molecular formula is C29H26N2O5S. The van der Waals surface area contributed by atoms with Crippen LogP contribution in [0.5, 0.6) is 11.5 Å². The third-order valence-corrected chi connectivity index (χ3v) is 7.33. The van der Waals surface area contributed by atoms with Gasteiger partial charge in [0.2, 0.25) is 0 Å². The highest BCUT2D eigenvalue weighted by Gasteiger charge is 2.33. The molecule has 37 heavy (non-hydrogen) atoms. The molecule has 1 atom stereocenters. The van der Waals surface area contributed by atoms with Gasteiger partial charge in [-0.25, -0.2) is 9.79 Å². The van der Waals surface area contributed by atoms with Crippen LogP contribution in [0, 0.1) is 0 Å². The standard InChI is InChI=1S/C29H26N2O5S/c1-5-36-28(33)25-17(2)30-29-31(26(25)20-13-14-22(34-3)23(15-20)35-4)27(32)24(37-29)16-19-11-8-10-18-9-6-7-12-21(18)19/h6-16,26H,5H2,1-4H3/b24-16-. The van der Waals surface area contributed by atoms with Crippen LogP contribution in [0.4, 0.5) is 0 Å². The number of esters is 1. The van der Waals surface area contributed by atoms with Gasteiger partial charge in [0.25, 0.3) is 5.56 Å². The summed E-state index contributed by atoms with van der Waals surface area (Å²) in [5.74, 6) is 0.538. The summed E-state index contributed by atoms with van der Waals surface area (Å²) in [5, 5.41) is 2.14. The SMILES string of the molecule is CCOC(=O)C1=C(C)N=c2s/c(=C\c3cccc4ccccc34)c(=O)n2C1c1ccc(OC)c(OC)c1. The van der Waals surface area contributed by atoms with Gasteiger partial charge in [-0.05, 0) is 54.0 Å². The number of carbonyl (C=O) groups excluding carboxylic acids is 1. The molecule has 0 spiro atoms. The summed E-state index contributed by atoms with van der Waals surface area (Å²) in [7, 11) is 3.10. The van der Waals surface area contributed by atoms with Crippen molar-refractivity contribution in [3.63, 3.8) is 0 Å². The van der Waals surface area contributed by atoms with Crippen molar-refractivity contribution in [2.75, 3.05) is 20.8 Å². The van der Waals surface area contributed by atoms with E-state index in [1.165, 1.54) is 11.3 Å². The lowest BCUT2D eigenvalue weighted by Gasteiger charge is -2.25. The average Bonchev–Trinajstić information content (AvgIpc) is 3.21. The fourth-order valence-corrected chi connectivity index (χ4v) is 5.68. The second-order valence-electron chi connectivity index (χ2n) is 8.49. The van der Waals surface area contributed by atoms with Crippen LogP contribution >= 0.6 is 11.3 Å². The summed E-state index contributed by atoms with van der Waals surface area (Å²) < 4.78 is 18.4. The molecule has 7 nitrogen and oxygen atoms in total. The van der Waals surface area contributed by atoms with Crippen LogP contribution in [0.25, 0.3) is 16.8 Å². The van der Waals surface area contributed by atoms with Gasteiger partial charge in [-0.3, -0.25) is 9.36 Å². The molecule has 3 aromatic carbocycles. The van der Waals surface area contributed by atoms with E-state index in [-0.39, 0.29) is 12.2 Å². The van der Waals surface area contributed by atoms with Crippen molar-refractivity contribution in [1.82, 2.24) is 4.57 Å². The van der Waals surface area contributed by atoms with Crippen molar-refractivity contribution >= 4 is 34.2 Å². The first-order valence-electron chi connectivity index (χ1n) is 11.9. The summed E-state index contributed by atoms with van der Waals surface area (Å²) in [6.07, 6.45) is 1.89. The van der Waals surface area contributed by atoms with E-state index in [1.54, 1.807) is 44.8 Å². The molecule has 2 heterocycles. The number of methoxy groups -OCH3 is 2. The molecule has 0 amide bonds. The largest absolute Gasteiger partial charge is 0.493 e. The number of nitrogens with zero attached hydrogens (tertiary/aromatic N) is 2. The number of ether oxygens (including phenoxy) is 3. The van der Waals surface area contributed by atoms with E-state index >= 15 is 0 Å². The molecule has 0 saturated carbocycles. The van der Waals surface area contributed by atoms with Gasteiger partial charge >= 0.3 is 5.97 Å². The van der Waals surface area contributed by atoms with Gasteiger partial charge in [0.15, 0.2) is 16.3 Å². The molecule has 1 aliphatic heterocycles. The number of carbonyl (C=O) groups is 1. The lowest BCUT2D eigenvalue weighted by molar-refractivity contribution is -0.139. The Morgan fingerprint density at radius 1 is 1.05 bits per heavy atom. The zero-order valence-electron chi connectivity index (χ0n) is 21.0. The first-order chi connectivity index (χ1) is 18.0. The van der Waals surface area contributed by atoms with Crippen LogP contribution in [0.2, 0.25) is 0 Å². The Labute approximate surface area is 217 Å². The lowest BCUT2D eigenvalue weighted by Crippen LogP contribution is -2.40. The van der Waals surface area contributed by atoms with E-state index in [0.717, 1.165) is 16.3 Å². The van der Waals surface area contributed by atoms with Crippen molar-refractivity contribution in [2.45, 2.75) is 19.9 Å². The summed E-state index contributed by atoms with van der Waals surface area (Å²) in [5.41, 5.74) is 2.22. The van der Waals surface area contributed by atoms with Crippen LogP contribution in [0.3, 0.4) is 0 Å². The number of hydrogen-bond donors (Lipinski definition) is 0. The van der Waals surface area contributed by atoms with E-state index in [2.05, 4.69) is 4.99 Å². The molecule has 0 saturated heterocycles. The zero-order valence-corrected chi connectivity index (χ0v) is 21.8.